The highest BCUT2D eigenvalue weighted by Gasteiger charge is 2.13. The Kier molecular flexibility index (Phi) is 3.31. The van der Waals surface area contributed by atoms with Crippen LogP contribution < -0.4 is 10.2 Å². The van der Waals surface area contributed by atoms with Crippen molar-refractivity contribution in [3.05, 3.63) is 17.8 Å². The van der Waals surface area contributed by atoms with E-state index >= 15 is 0 Å². The first-order valence-electron chi connectivity index (χ1n) is 5.19. The van der Waals surface area contributed by atoms with Gasteiger partial charge in [-0.2, -0.15) is 0 Å². The zero-order chi connectivity index (χ0) is 11.4. The minimum Gasteiger partial charge on any atom is -0.464 e. The molecule has 1 saturated heterocycles. The standard InChI is InChI=1S/C10H14N4O2/c1-16-10(15)8-2-3-9(13-12-8)14-6-4-11-5-7-14/h2-3,11H,4-7H2,1H3. The fraction of sp³-hybridized carbons (Fsp3) is 0.500. The van der Waals surface area contributed by atoms with Crippen LogP contribution in [-0.4, -0.2) is 49.5 Å². The number of nitrogens with one attached hydrogen (secondary N) is 1. The van der Waals surface area contributed by atoms with Gasteiger partial charge in [-0.3, -0.25) is 0 Å². The van der Waals surface area contributed by atoms with Gasteiger partial charge in [0.2, 0.25) is 0 Å². The third-order valence-electron chi connectivity index (χ3n) is 2.49. The van der Waals surface area contributed by atoms with Crippen molar-refractivity contribution < 1.29 is 9.53 Å². The number of nitrogens with zero attached hydrogens (tertiary/aromatic N) is 3. The molecule has 0 aliphatic carbocycles. The minimum absolute atomic E-state index is 0.237. The van der Waals surface area contributed by atoms with Crippen LogP contribution in [0, 0.1) is 0 Å². The zero-order valence-electron chi connectivity index (χ0n) is 9.14. The minimum atomic E-state index is -0.459. The van der Waals surface area contributed by atoms with Crippen LogP contribution >= 0.6 is 0 Å². The van der Waals surface area contributed by atoms with Crippen LogP contribution in [0.2, 0.25) is 0 Å². The summed E-state index contributed by atoms with van der Waals surface area (Å²) in [7, 11) is 1.33. The lowest BCUT2D eigenvalue weighted by Crippen LogP contribution is -2.44. The second-order valence-electron chi connectivity index (χ2n) is 3.51. The average Bonchev–Trinajstić information content (AvgIpc) is 2.39. The van der Waals surface area contributed by atoms with Gasteiger partial charge in [0.15, 0.2) is 11.5 Å². The van der Waals surface area contributed by atoms with E-state index in [9.17, 15) is 4.79 Å². The molecule has 0 aromatic carbocycles. The zero-order valence-corrected chi connectivity index (χ0v) is 9.14. The first-order valence-corrected chi connectivity index (χ1v) is 5.19. The summed E-state index contributed by atoms with van der Waals surface area (Å²) >= 11 is 0. The summed E-state index contributed by atoms with van der Waals surface area (Å²) < 4.78 is 4.56. The Bertz CT molecular complexity index is 360. The first kappa shape index (κ1) is 10.8. The van der Waals surface area contributed by atoms with Crippen molar-refractivity contribution in [1.82, 2.24) is 15.5 Å². The van der Waals surface area contributed by atoms with Gasteiger partial charge in [0.25, 0.3) is 0 Å². The monoisotopic (exact) mass is 222 g/mol. The molecule has 0 amide bonds. The second-order valence-corrected chi connectivity index (χ2v) is 3.51. The van der Waals surface area contributed by atoms with Gasteiger partial charge in [0, 0.05) is 26.2 Å². The number of carbonyl (C=O) groups excluding carboxylic acids is 1. The van der Waals surface area contributed by atoms with Crippen molar-refractivity contribution in [3.63, 3.8) is 0 Å². The molecule has 2 heterocycles. The maximum absolute atomic E-state index is 11.2. The van der Waals surface area contributed by atoms with Crippen LogP contribution in [0.5, 0.6) is 0 Å². The van der Waals surface area contributed by atoms with Crippen LogP contribution in [0.15, 0.2) is 12.1 Å². The quantitative estimate of drug-likeness (QED) is 0.691. The largest absolute Gasteiger partial charge is 0.464 e. The number of hydrogen-bond acceptors (Lipinski definition) is 6. The van der Waals surface area contributed by atoms with Gasteiger partial charge in [0.05, 0.1) is 7.11 Å². The molecule has 6 nitrogen and oxygen atoms in total. The summed E-state index contributed by atoms with van der Waals surface area (Å²) in [5, 5.41) is 11.1. The van der Waals surface area contributed by atoms with E-state index in [1.807, 2.05) is 0 Å². The van der Waals surface area contributed by atoms with E-state index < -0.39 is 5.97 Å². The third-order valence-corrected chi connectivity index (χ3v) is 2.49. The van der Waals surface area contributed by atoms with Crippen LogP contribution in [0.4, 0.5) is 5.82 Å². The van der Waals surface area contributed by atoms with Gasteiger partial charge in [-0.15, -0.1) is 10.2 Å². The van der Waals surface area contributed by atoms with Crippen LogP contribution in [-0.2, 0) is 4.74 Å². The van der Waals surface area contributed by atoms with Crippen molar-refractivity contribution >= 4 is 11.8 Å². The van der Waals surface area contributed by atoms with Gasteiger partial charge in [-0.05, 0) is 12.1 Å². The molecule has 1 aromatic heterocycles. The Balaban J connectivity index is 2.09. The van der Waals surface area contributed by atoms with Gasteiger partial charge in [-0.1, -0.05) is 0 Å². The highest BCUT2D eigenvalue weighted by Crippen LogP contribution is 2.10. The third kappa shape index (κ3) is 2.27. The maximum Gasteiger partial charge on any atom is 0.358 e. The summed E-state index contributed by atoms with van der Waals surface area (Å²) in [6.07, 6.45) is 0. The molecule has 6 heteroatoms. The molecule has 0 unspecified atom stereocenters. The number of methoxy groups -OCH3 is 1. The molecule has 1 aliphatic heterocycles. The van der Waals surface area contributed by atoms with Gasteiger partial charge < -0.3 is 15.0 Å². The normalized spacial score (nSPS) is 15.9. The average molecular weight is 222 g/mol. The summed E-state index contributed by atoms with van der Waals surface area (Å²) in [5.41, 5.74) is 0.237. The molecule has 0 radical (unpaired) electrons. The maximum atomic E-state index is 11.2. The summed E-state index contributed by atoms with van der Waals surface area (Å²) in [6, 6.07) is 3.43. The summed E-state index contributed by atoms with van der Waals surface area (Å²) in [4.78, 5) is 13.3. The van der Waals surface area contributed by atoms with E-state index in [0.29, 0.717) is 0 Å². The molecule has 1 aliphatic rings. The van der Waals surface area contributed by atoms with Crippen molar-refractivity contribution in [2.75, 3.05) is 38.2 Å². The molecule has 0 atom stereocenters. The highest BCUT2D eigenvalue weighted by molar-refractivity contribution is 5.86. The van der Waals surface area contributed by atoms with Crippen molar-refractivity contribution in [2.45, 2.75) is 0 Å². The summed E-state index contributed by atoms with van der Waals surface area (Å²) in [6.45, 7) is 3.71. The first-order chi connectivity index (χ1) is 7.81. The van der Waals surface area contributed by atoms with E-state index in [1.54, 1.807) is 12.1 Å². The van der Waals surface area contributed by atoms with Crippen LogP contribution in [0.1, 0.15) is 10.5 Å². The number of carbonyl (C=O) groups is 1. The van der Waals surface area contributed by atoms with E-state index in [0.717, 1.165) is 32.0 Å². The van der Waals surface area contributed by atoms with E-state index in [-0.39, 0.29) is 5.69 Å². The molecule has 2 rings (SSSR count). The fourth-order valence-electron chi connectivity index (χ4n) is 1.60. The molecule has 1 N–H and O–H groups in total. The van der Waals surface area contributed by atoms with Crippen molar-refractivity contribution in [2.24, 2.45) is 0 Å². The van der Waals surface area contributed by atoms with Gasteiger partial charge >= 0.3 is 5.97 Å². The van der Waals surface area contributed by atoms with Gasteiger partial charge in [0.1, 0.15) is 0 Å². The highest BCUT2D eigenvalue weighted by atomic mass is 16.5. The number of anilines is 1. The Morgan fingerprint density at radius 2 is 2.12 bits per heavy atom. The SMILES string of the molecule is COC(=O)c1ccc(N2CCNCC2)nn1. The molecule has 0 bridgehead atoms. The number of aromatic nitrogens is 2. The van der Waals surface area contributed by atoms with Crippen LogP contribution in [0.3, 0.4) is 0 Å². The molecule has 0 saturated carbocycles. The summed E-state index contributed by atoms with van der Waals surface area (Å²) in [5.74, 6) is 0.341. The van der Waals surface area contributed by atoms with E-state index in [4.69, 9.17) is 0 Å². The predicted octanol–water partition coefficient (Wildman–Crippen LogP) is -0.327. The molecule has 86 valence electrons. The Labute approximate surface area is 93.6 Å². The van der Waals surface area contributed by atoms with E-state index in [1.165, 1.54) is 7.11 Å². The lowest BCUT2D eigenvalue weighted by molar-refractivity contribution is 0.0592. The predicted molar refractivity (Wildman–Crippen MR) is 58.5 cm³/mol. The Morgan fingerprint density at radius 1 is 1.38 bits per heavy atom. The second kappa shape index (κ2) is 4.89. The fourth-order valence-corrected chi connectivity index (χ4v) is 1.60. The molecule has 0 spiro atoms. The molecule has 1 aromatic rings. The van der Waals surface area contributed by atoms with Crippen molar-refractivity contribution in [1.29, 1.82) is 0 Å². The Morgan fingerprint density at radius 3 is 2.69 bits per heavy atom. The number of esters is 1. The number of piperazine rings is 1. The Hall–Kier alpha value is -1.69. The lowest BCUT2D eigenvalue weighted by Gasteiger charge is -2.27. The lowest BCUT2D eigenvalue weighted by atomic mass is 10.3. The topological polar surface area (TPSA) is 67.3 Å². The number of rotatable bonds is 2. The molecule has 16 heavy (non-hydrogen) atoms. The van der Waals surface area contributed by atoms with E-state index in [2.05, 4.69) is 25.2 Å². The molecular formula is C10H14N4O2. The molecular weight excluding hydrogens is 208 g/mol. The number of hydrogen-bond donors (Lipinski definition) is 1. The smallest absolute Gasteiger partial charge is 0.358 e. The van der Waals surface area contributed by atoms with Crippen molar-refractivity contribution in [3.8, 4) is 0 Å². The van der Waals surface area contributed by atoms with Gasteiger partial charge in [-0.25, -0.2) is 4.79 Å². The number of ether oxygens (including phenoxy) is 1. The van der Waals surface area contributed by atoms with Crippen LogP contribution in [0.25, 0.3) is 0 Å². The molecule has 1 fully saturated rings.